The van der Waals surface area contributed by atoms with Crippen molar-refractivity contribution in [1.82, 2.24) is 10.6 Å². The van der Waals surface area contributed by atoms with Crippen molar-refractivity contribution in [2.45, 2.75) is 17.4 Å². The van der Waals surface area contributed by atoms with Gasteiger partial charge in [0.15, 0.2) is 0 Å². The number of cyclic esters (lactones) is 1. The highest BCUT2D eigenvalue weighted by Gasteiger charge is 2.32. The third-order valence-corrected chi connectivity index (χ3v) is 5.53. The Morgan fingerprint density at radius 2 is 2.20 bits per heavy atom. The molecule has 2 aromatic carbocycles. The van der Waals surface area contributed by atoms with Crippen molar-refractivity contribution in [3.05, 3.63) is 58.6 Å². The van der Waals surface area contributed by atoms with Crippen molar-refractivity contribution in [1.29, 1.82) is 0 Å². The van der Waals surface area contributed by atoms with Gasteiger partial charge in [-0.1, -0.05) is 23.7 Å². The lowest BCUT2D eigenvalue weighted by atomic mass is 10.1. The van der Waals surface area contributed by atoms with Crippen LogP contribution < -0.4 is 15.5 Å². The summed E-state index contributed by atoms with van der Waals surface area (Å²) in [7, 11) is 0. The Kier molecular flexibility index (Phi) is 6.15. The molecule has 0 aliphatic carbocycles. The zero-order chi connectivity index (χ0) is 21.1. The van der Waals surface area contributed by atoms with E-state index in [0.29, 0.717) is 28.4 Å². The van der Waals surface area contributed by atoms with Crippen LogP contribution in [0.15, 0.2) is 52.4 Å². The lowest BCUT2D eigenvalue weighted by Gasteiger charge is -2.15. The summed E-state index contributed by atoms with van der Waals surface area (Å²) in [5, 5.41) is 6.49. The number of amides is 2. The fourth-order valence-electron chi connectivity index (χ4n) is 3.42. The zero-order valence-electron chi connectivity index (χ0n) is 16.1. The van der Waals surface area contributed by atoms with Crippen molar-refractivity contribution >= 4 is 47.8 Å². The van der Waals surface area contributed by atoms with E-state index in [0.717, 1.165) is 30.2 Å². The molecule has 0 aromatic heterocycles. The van der Waals surface area contributed by atoms with Gasteiger partial charge in [0.1, 0.15) is 11.9 Å². The lowest BCUT2D eigenvalue weighted by Crippen LogP contribution is -2.34. The molecule has 2 aromatic rings. The lowest BCUT2D eigenvalue weighted by molar-refractivity contribution is 0.0913. The van der Waals surface area contributed by atoms with Gasteiger partial charge >= 0.3 is 6.09 Å². The van der Waals surface area contributed by atoms with Crippen LogP contribution in [0, 0.1) is 0 Å². The van der Waals surface area contributed by atoms with Gasteiger partial charge < -0.3 is 15.4 Å². The first-order valence-corrected chi connectivity index (χ1v) is 10.4. The molecule has 2 aliphatic rings. The molecule has 2 amide bonds. The largest absolute Gasteiger partial charge is 0.442 e. The fourth-order valence-corrected chi connectivity index (χ4v) is 3.84. The van der Waals surface area contributed by atoms with Crippen molar-refractivity contribution in [3.8, 4) is 0 Å². The van der Waals surface area contributed by atoms with Gasteiger partial charge in [0.2, 0.25) is 0 Å². The van der Waals surface area contributed by atoms with Gasteiger partial charge in [-0.15, -0.1) is 12.6 Å². The second kappa shape index (κ2) is 8.97. The normalized spacial score (nSPS) is 18.1. The molecule has 7 nitrogen and oxygen atoms in total. The number of benzene rings is 2. The number of rotatable bonds is 6. The molecule has 0 radical (unpaired) electrons. The SMILES string of the molecule is O=C(NCC1CN(c2cccc(CC3=NCCN3)c2)C(=O)O1)c1cc(Cl)ccc1S. The van der Waals surface area contributed by atoms with E-state index in [2.05, 4.69) is 28.3 Å². The van der Waals surface area contributed by atoms with Crippen LogP contribution in [0.4, 0.5) is 10.5 Å². The number of anilines is 1. The molecule has 1 atom stereocenters. The summed E-state index contributed by atoms with van der Waals surface area (Å²) < 4.78 is 5.43. The van der Waals surface area contributed by atoms with Crippen LogP contribution in [-0.2, 0) is 11.2 Å². The highest BCUT2D eigenvalue weighted by Crippen LogP contribution is 2.23. The van der Waals surface area contributed by atoms with Crippen LogP contribution in [0.5, 0.6) is 0 Å². The molecule has 1 unspecified atom stereocenters. The molecule has 1 saturated heterocycles. The molecule has 0 bridgehead atoms. The third-order valence-electron chi connectivity index (χ3n) is 4.90. The molecule has 4 rings (SSSR count). The second-order valence-corrected chi connectivity index (χ2v) is 8.01. The predicted octanol–water partition coefficient (Wildman–Crippen LogP) is 2.93. The summed E-state index contributed by atoms with van der Waals surface area (Å²) >= 11 is 10.2. The van der Waals surface area contributed by atoms with Gasteiger partial charge in [0.25, 0.3) is 5.91 Å². The maximum atomic E-state index is 12.4. The number of carbonyl (C=O) groups is 2. The first-order valence-electron chi connectivity index (χ1n) is 9.60. The van der Waals surface area contributed by atoms with E-state index < -0.39 is 12.2 Å². The van der Waals surface area contributed by atoms with Gasteiger partial charge in [-0.05, 0) is 35.9 Å². The number of amidine groups is 1. The molecule has 2 aliphatic heterocycles. The third kappa shape index (κ3) is 4.71. The first-order chi connectivity index (χ1) is 14.5. The molecule has 156 valence electrons. The Balaban J connectivity index is 1.37. The summed E-state index contributed by atoms with van der Waals surface area (Å²) in [4.78, 5) is 31.3. The van der Waals surface area contributed by atoms with E-state index in [9.17, 15) is 9.59 Å². The van der Waals surface area contributed by atoms with Crippen molar-refractivity contribution in [2.24, 2.45) is 4.99 Å². The Bertz CT molecular complexity index is 1010. The minimum Gasteiger partial charge on any atom is -0.442 e. The number of carbonyl (C=O) groups excluding carboxylic acids is 2. The van der Waals surface area contributed by atoms with Crippen molar-refractivity contribution < 1.29 is 14.3 Å². The Labute approximate surface area is 184 Å². The maximum Gasteiger partial charge on any atom is 0.414 e. The topological polar surface area (TPSA) is 83.0 Å². The molecule has 9 heteroatoms. The summed E-state index contributed by atoms with van der Waals surface area (Å²) in [6, 6.07) is 12.6. The predicted molar refractivity (Wildman–Crippen MR) is 119 cm³/mol. The maximum absolute atomic E-state index is 12.4. The van der Waals surface area contributed by atoms with E-state index >= 15 is 0 Å². The summed E-state index contributed by atoms with van der Waals surface area (Å²) in [5.74, 6) is 0.644. The number of hydrogen-bond acceptors (Lipinski definition) is 6. The Morgan fingerprint density at radius 1 is 1.33 bits per heavy atom. The van der Waals surface area contributed by atoms with E-state index in [1.165, 1.54) is 0 Å². The molecule has 2 N–H and O–H groups in total. The van der Waals surface area contributed by atoms with E-state index in [1.54, 1.807) is 23.1 Å². The van der Waals surface area contributed by atoms with Crippen LogP contribution in [0.2, 0.25) is 5.02 Å². The first kappa shape index (κ1) is 20.6. The molecular formula is C21H21ClN4O3S. The average molecular weight is 445 g/mol. The average Bonchev–Trinajstić information content (AvgIpc) is 3.37. The zero-order valence-corrected chi connectivity index (χ0v) is 17.7. The summed E-state index contributed by atoms with van der Waals surface area (Å²) in [6.07, 6.45) is -0.184. The molecule has 2 heterocycles. The number of nitrogens with one attached hydrogen (secondary N) is 2. The van der Waals surface area contributed by atoms with Crippen molar-refractivity contribution in [2.75, 3.05) is 31.1 Å². The quantitative estimate of drug-likeness (QED) is 0.598. The standard InChI is InChI=1S/C21H21ClN4O3S/c22-14-4-5-18(30)17(10-14)20(27)25-11-16-12-26(21(28)29-16)15-3-1-2-13(8-15)9-19-23-6-7-24-19/h1-5,8,10,16,30H,6-7,9,11-12H2,(H,23,24)(H,25,27). The number of halogens is 1. The number of ether oxygens (including phenoxy) is 1. The summed E-state index contributed by atoms with van der Waals surface area (Å²) in [5.41, 5.74) is 2.20. The van der Waals surface area contributed by atoms with E-state index in [1.807, 2.05) is 24.3 Å². The Hall–Kier alpha value is -2.71. The summed E-state index contributed by atoms with van der Waals surface area (Å²) in [6.45, 7) is 2.21. The van der Waals surface area contributed by atoms with Crippen molar-refractivity contribution in [3.63, 3.8) is 0 Å². The smallest absolute Gasteiger partial charge is 0.414 e. The van der Waals surface area contributed by atoms with Crippen LogP contribution in [0.3, 0.4) is 0 Å². The Morgan fingerprint density at radius 3 is 3.00 bits per heavy atom. The molecule has 0 saturated carbocycles. The minimum atomic E-state index is -0.450. The highest BCUT2D eigenvalue weighted by molar-refractivity contribution is 7.80. The minimum absolute atomic E-state index is 0.196. The molecule has 0 spiro atoms. The number of aliphatic imine (C=N–C) groups is 1. The molecular weight excluding hydrogens is 424 g/mol. The number of hydrogen-bond donors (Lipinski definition) is 3. The van der Waals surface area contributed by atoms with Crippen LogP contribution in [0.1, 0.15) is 15.9 Å². The van der Waals surface area contributed by atoms with E-state index in [4.69, 9.17) is 16.3 Å². The number of nitrogens with zero attached hydrogens (tertiary/aromatic N) is 2. The van der Waals surface area contributed by atoms with E-state index in [-0.39, 0.29) is 12.5 Å². The van der Waals surface area contributed by atoms with Gasteiger partial charge in [0, 0.05) is 28.6 Å². The monoisotopic (exact) mass is 444 g/mol. The molecule has 1 fully saturated rings. The second-order valence-electron chi connectivity index (χ2n) is 7.09. The fraction of sp³-hybridized carbons (Fsp3) is 0.286. The van der Waals surface area contributed by atoms with Crippen LogP contribution >= 0.6 is 24.2 Å². The van der Waals surface area contributed by atoms with Crippen LogP contribution in [-0.4, -0.2) is 50.1 Å². The molecule has 30 heavy (non-hydrogen) atoms. The highest BCUT2D eigenvalue weighted by atomic mass is 35.5. The number of thiol groups is 1. The van der Waals surface area contributed by atoms with Gasteiger partial charge in [-0.25, -0.2) is 4.79 Å². The van der Waals surface area contributed by atoms with Gasteiger partial charge in [0.05, 0.1) is 25.2 Å². The van der Waals surface area contributed by atoms with Crippen LogP contribution in [0.25, 0.3) is 0 Å². The van der Waals surface area contributed by atoms with Gasteiger partial charge in [-0.3, -0.25) is 14.7 Å². The van der Waals surface area contributed by atoms with Gasteiger partial charge in [-0.2, -0.15) is 0 Å².